The van der Waals surface area contributed by atoms with Gasteiger partial charge in [-0.2, -0.15) is 0 Å². The van der Waals surface area contributed by atoms with Gasteiger partial charge in [0.1, 0.15) is 0 Å². The number of fused-ring (bicyclic) bond motifs is 1. The first-order valence-electron chi connectivity index (χ1n) is 4.80. The Kier molecular flexibility index (Phi) is 2.41. The van der Waals surface area contributed by atoms with Crippen molar-refractivity contribution in [2.24, 2.45) is 5.16 Å². The summed E-state index contributed by atoms with van der Waals surface area (Å²) in [6.45, 7) is 0. The maximum atomic E-state index is 11.0. The fraction of sp³-hybridized carbons (Fsp3) is 0.273. The smallest absolute Gasteiger partial charge is 0.335 e. The molecule has 15 heavy (non-hydrogen) atoms. The lowest BCUT2D eigenvalue weighted by molar-refractivity contribution is 0.0695. The molecule has 78 valence electrons. The quantitative estimate of drug-likeness (QED) is 0.543. The lowest BCUT2D eigenvalue weighted by atomic mass is 9.87. The van der Waals surface area contributed by atoms with Crippen LogP contribution in [-0.2, 0) is 6.42 Å². The highest BCUT2D eigenvalue weighted by molar-refractivity contribution is 6.05. The zero-order valence-corrected chi connectivity index (χ0v) is 8.10. The van der Waals surface area contributed by atoms with Gasteiger partial charge in [0.2, 0.25) is 0 Å². The molecular formula is C11H11NO3. The van der Waals surface area contributed by atoms with Crippen molar-refractivity contribution < 1.29 is 15.1 Å². The summed E-state index contributed by atoms with van der Waals surface area (Å²) in [6, 6.07) is 5.07. The van der Waals surface area contributed by atoms with Crippen LogP contribution in [-0.4, -0.2) is 22.0 Å². The normalized spacial score (nSPS) is 17.5. The van der Waals surface area contributed by atoms with Crippen molar-refractivity contribution in [3.8, 4) is 0 Å². The molecule has 0 atom stereocenters. The summed E-state index contributed by atoms with van der Waals surface area (Å²) in [4.78, 5) is 11.0. The second-order valence-electron chi connectivity index (χ2n) is 3.54. The lowest BCUT2D eigenvalue weighted by Crippen LogP contribution is -2.16. The Bertz CT molecular complexity index is 437. The highest BCUT2D eigenvalue weighted by Crippen LogP contribution is 2.24. The molecule has 4 nitrogen and oxygen atoms in total. The summed E-state index contributed by atoms with van der Waals surface area (Å²) in [5.74, 6) is -0.925. The number of carbonyl (C=O) groups is 1. The molecule has 1 aliphatic rings. The van der Waals surface area contributed by atoms with Crippen molar-refractivity contribution in [2.45, 2.75) is 19.3 Å². The molecule has 0 aromatic heterocycles. The third kappa shape index (κ3) is 1.58. The first-order chi connectivity index (χ1) is 7.24. The number of oxime groups is 1. The predicted octanol–water partition coefficient (Wildman–Crippen LogP) is 1.90. The van der Waals surface area contributed by atoms with Gasteiger partial charge in [0, 0.05) is 5.56 Å². The number of carboxylic acids is 1. The van der Waals surface area contributed by atoms with E-state index < -0.39 is 5.97 Å². The van der Waals surface area contributed by atoms with Gasteiger partial charge in [0.05, 0.1) is 11.3 Å². The molecule has 1 aromatic carbocycles. The molecular weight excluding hydrogens is 194 g/mol. The van der Waals surface area contributed by atoms with Crippen LogP contribution in [0.4, 0.5) is 0 Å². The van der Waals surface area contributed by atoms with Crippen LogP contribution >= 0.6 is 0 Å². The van der Waals surface area contributed by atoms with E-state index in [1.807, 2.05) is 0 Å². The van der Waals surface area contributed by atoms with Crippen LogP contribution in [0.1, 0.15) is 34.3 Å². The van der Waals surface area contributed by atoms with Gasteiger partial charge in [-0.25, -0.2) is 4.79 Å². The van der Waals surface area contributed by atoms with Crippen molar-refractivity contribution in [2.75, 3.05) is 0 Å². The fourth-order valence-corrected chi connectivity index (χ4v) is 2.00. The van der Waals surface area contributed by atoms with Gasteiger partial charge in [-0.05, 0) is 30.9 Å². The van der Waals surface area contributed by atoms with Crippen molar-refractivity contribution in [3.05, 3.63) is 34.9 Å². The zero-order valence-electron chi connectivity index (χ0n) is 8.10. The minimum Gasteiger partial charge on any atom is -0.478 e. The molecule has 1 aliphatic carbocycles. The zero-order chi connectivity index (χ0) is 10.8. The highest BCUT2D eigenvalue weighted by atomic mass is 16.4. The van der Waals surface area contributed by atoms with Gasteiger partial charge < -0.3 is 10.3 Å². The van der Waals surface area contributed by atoms with Gasteiger partial charge in [-0.1, -0.05) is 17.3 Å². The average molecular weight is 205 g/mol. The predicted molar refractivity (Wildman–Crippen MR) is 54.7 cm³/mol. The van der Waals surface area contributed by atoms with E-state index in [1.165, 1.54) is 0 Å². The second kappa shape index (κ2) is 3.73. The molecule has 0 heterocycles. The molecule has 2 N–H and O–H groups in total. The topological polar surface area (TPSA) is 69.9 Å². The maximum absolute atomic E-state index is 11.0. The number of benzene rings is 1. The van der Waals surface area contributed by atoms with Crippen LogP contribution in [0.2, 0.25) is 0 Å². The Balaban J connectivity index is 2.61. The number of rotatable bonds is 1. The lowest BCUT2D eigenvalue weighted by Gasteiger charge is -2.18. The Morgan fingerprint density at radius 2 is 2.13 bits per heavy atom. The van der Waals surface area contributed by atoms with Crippen LogP contribution in [0.15, 0.2) is 23.4 Å². The minimum absolute atomic E-state index is 0.313. The average Bonchev–Trinajstić information content (AvgIpc) is 2.27. The van der Waals surface area contributed by atoms with Crippen LogP contribution in [0.25, 0.3) is 0 Å². The number of carboxylic acid groups (broad SMARTS) is 1. The number of aromatic carboxylic acids is 1. The Labute approximate surface area is 86.8 Å². The van der Waals surface area contributed by atoms with E-state index in [1.54, 1.807) is 18.2 Å². The van der Waals surface area contributed by atoms with E-state index in [4.69, 9.17) is 10.3 Å². The Hall–Kier alpha value is -1.84. The number of nitrogens with zero attached hydrogens (tertiary/aromatic N) is 1. The monoisotopic (exact) mass is 205 g/mol. The highest BCUT2D eigenvalue weighted by Gasteiger charge is 2.21. The van der Waals surface area contributed by atoms with Gasteiger partial charge >= 0.3 is 5.97 Å². The van der Waals surface area contributed by atoms with Crippen molar-refractivity contribution >= 4 is 11.7 Å². The van der Waals surface area contributed by atoms with E-state index in [-0.39, 0.29) is 0 Å². The summed E-state index contributed by atoms with van der Waals surface area (Å²) < 4.78 is 0. The van der Waals surface area contributed by atoms with E-state index in [9.17, 15) is 4.79 Å². The molecule has 0 spiro atoms. The van der Waals surface area contributed by atoms with Gasteiger partial charge in [-0.3, -0.25) is 0 Å². The largest absolute Gasteiger partial charge is 0.478 e. The third-order valence-corrected chi connectivity index (χ3v) is 2.68. The van der Waals surface area contributed by atoms with Crippen LogP contribution in [0, 0.1) is 0 Å². The first kappa shape index (κ1) is 9.71. The molecule has 0 bridgehead atoms. The molecule has 1 aromatic rings. The van der Waals surface area contributed by atoms with E-state index >= 15 is 0 Å². The molecule has 0 amide bonds. The summed E-state index contributed by atoms with van der Waals surface area (Å²) >= 11 is 0. The Morgan fingerprint density at radius 3 is 2.80 bits per heavy atom. The van der Waals surface area contributed by atoms with Crippen LogP contribution in [0.5, 0.6) is 0 Å². The summed E-state index contributed by atoms with van der Waals surface area (Å²) in [5.41, 5.74) is 2.44. The third-order valence-electron chi connectivity index (χ3n) is 2.68. The molecule has 0 unspecified atom stereocenters. The van der Waals surface area contributed by atoms with Crippen molar-refractivity contribution in [3.63, 3.8) is 0 Å². The standard InChI is InChI=1S/C11H11NO3/c13-11(14)9-5-1-4-8-7(9)3-2-6-10(8)12-15/h1,4-5,15H,2-3,6H2,(H,13,14)/b12-10-. The molecule has 0 radical (unpaired) electrons. The molecule has 0 fully saturated rings. The van der Waals surface area contributed by atoms with Crippen molar-refractivity contribution in [1.29, 1.82) is 0 Å². The summed E-state index contributed by atoms with van der Waals surface area (Å²) in [6.07, 6.45) is 2.26. The van der Waals surface area contributed by atoms with Crippen molar-refractivity contribution in [1.82, 2.24) is 0 Å². The number of hydrogen-bond donors (Lipinski definition) is 2. The van der Waals surface area contributed by atoms with Gasteiger partial charge in [0.15, 0.2) is 0 Å². The SMILES string of the molecule is O=C(O)c1cccc2c1CCC/C2=N/O. The molecule has 0 aliphatic heterocycles. The van der Waals surface area contributed by atoms with E-state index in [2.05, 4.69) is 5.16 Å². The Morgan fingerprint density at radius 1 is 1.33 bits per heavy atom. The van der Waals surface area contributed by atoms with E-state index in [0.29, 0.717) is 17.7 Å². The fourth-order valence-electron chi connectivity index (χ4n) is 2.00. The van der Waals surface area contributed by atoms with Gasteiger partial charge in [-0.15, -0.1) is 0 Å². The molecule has 0 saturated carbocycles. The van der Waals surface area contributed by atoms with E-state index in [0.717, 1.165) is 24.0 Å². The molecule has 0 saturated heterocycles. The summed E-state index contributed by atoms with van der Waals surface area (Å²) in [5, 5.41) is 21.0. The maximum Gasteiger partial charge on any atom is 0.335 e. The number of hydrogen-bond acceptors (Lipinski definition) is 3. The minimum atomic E-state index is -0.925. The van der Waals surface area contributed by atoms with Crippen LogP contribution in [0.3, 0.4) is 0 Å². The second-order valence-corrected chi connectivity index (χ2v) is 3.54. The summed E-state index contributed by atoms with van der Waals surface area (Å²) in [7, 11) is 0. The molecule has 4 heteroatoms. The molecule has 2 rings (SSSR count). The van der Waals surface area contributed by atoms with Gasteiger partial charge in [0.25, 0.3) is 0 Å². The van der Waals surface area contributed by atoms with Crippen LogP contribution < -0.4 is 0 Å². The first-order valence-corrected chi connectivity index (χ1v) is 4.80.